The van der Waals surface area contributed by atoms with Crippen LogP contribution in [0.2, 0.25) is 0 Å². The molecule has 0 bridgehead atoms. The molecule has 0 radical (unpaired) electrons. The molecule has 0 aromatic carbocycles. The van der Waals surface area contributed by atoms with Gasteiger partial charge >= 0.3 is 5.97 Å². The van der Waals surface area contributed by atoms with E-state index >= 15 is 0 Å². The molecule has 3 aliphatic carbocycles. The van der Waals surface area contributed by atoms with Gasteiger partial charge in [0.15, 0.2) is 0 Å². The first-order chi connectivity index (χ1) is 11.6. The van der Waals surface area contributed by atoms with Gasteiger partial charge in [-0.1, -0.05) is 34.1 Å². The maximum Gasteiger partial charge on any atom is 0.333 e. The van der Waals surface area contributed by atoms with Crippen LogP contribution < -0.4 is 0 Å². The molecule has 0 saturated heterocycles. The Morgan fingerprint density at radius 2 is 1.96 bits per heavy atom. The van der Waals surface area contributed by atoms with Gasteiger partial charge in [0.1, 0.15) is 0 Å². The Balaban J connectivity index is 1.80. The van der Waals surface area contributed by atoms with E-state index in [1.54, 1.807) is 13.2 Å². The quantitative estimate of drug-likeness (QED) is 0.732. The van der Waals surface area contributed by atoms with E-state index in [0.29, 0.717) is 18.3 Å². The minimum atomic E-state index is -0.916. The second kappa shape index (κ2) is 5.10. The van der Waals surface area contributed by atoms with Crippen LogP contribution in [0, 0.1) is 28.6 Å². The molecule has 6 atom stereocenters. The molecule has 4 heteroatoms. The lowest BCUT2D eigenvalue weighted by atomic mass is 9.41. The van der Waals surface area contributed by atoms with Crippen LogP contribution in [-0.2, 0) is 14.3 Å². The molecule has 0 spiro atoms. The van der Waals surface area contributed by atoms with Gasteiger partial charge in [-0.05, 0) is 48.9 Å². The summed E-state index contributed by atoms with van der Waals surface area (Å²) in [6.07, 6.45) is 7.43. The summed E-state index contributed by atoms with van der Waals surface area (Å²) < 4.78 is 11.5. The largest absolute Gasteiger partial charge is 0.426 e. The lowest BCUT2D eigenvalue weighted by molar-refractivity contribution is -0.274. The fourth-order valence-corrected chi connectivity index (χ4v) is 7.11. The van der Waals surface area contributed by atoms with E-state index in [-0.39, 0.29) is 22.7 Å². The van der Waals surface area contributed by atoms with Crippen molar-refractivity contribution in [2.24, 2.45) is 28.6 Å². The summed E-state index contributed by atoms with van der Waals surface area (Å²) in [4.78, 5) is 12.0. The molecule has 1 N–H and O–H groups in total. The summed E-state index contributed by atoms with van der Waals surface area (Å²) in [5.74, 6) is -0.184. The molecule has 0 amide bonds. The Bertz CT molecular complexity index is 638. The minimum absolute atomic E-state index is 0.0864. The van der Waals surface area contributed by atoms with Crippen molar-refractivity contribution in [3.05, 3.63) is 11.6 Å². The standard InChI is InChI=1S/C21H32O4/c1-13-14-7-10-21(23)18(2,3)8-6-9-19(21,4)16(14)12-20(24-5)15(13)11-17(22)25-20/h11,13-14,16,23H,6-10,12H2,1-5H3/t13-,14+,16+,19-,20-,21-/m1/s1. The molecule has 1 aliphatic heterocycles. The summed E-state index contributed by atoms with van der Waals surface area (Å²) in [5, 5.41) is 11.9. The number of rotatable bonds is 1. The molecule has 25 heavy (non-hydrogen) atoms. The molecule has 0 unspecified atom stereocenters. The molecule has 4 aliphatic rings. The first-order valence-electron chi connectivity index (χ1n) is 9.83. The molecule has 4 rings (SSSR count). The van der Waals surface area contributed by atoms with Crippen molar-refractivity contribution in [1.29, 1.82) is 0 Å². The fraction of sp³-hybridized carbons (Fsp3) is 0.857. The number of ether oxygens (including phenoxy) is 2. The molecular weight excluding hydrogens is 316 g/mol. The third-order valence-corrected chi connectivity index (χ3v) is 8.67. The lowest BCUT2D eigenvalue weighted by Crippen LogP contribution is -2.67. The zero-order chi connectivity index (χ0) is 18.3. The number of carbonyl (C=O) groups excluding carboxylic acids is 1. The first-order valence-corrected chi connectivity index (χ1v) is 9.83. The van der Waals surface area contributed by atoms with Crippen molar-refractivity contribution in [2.45, 2.75) is 77.6 Å². The molecule has 0 aromatic rings. The van der Waals surface area contributed by atoms with Gasteiger partial charge in [0.05, 0.1) is 5.60 Å². The van der Waals surface area contributed by atoms with E-state index in [1.807, 2.05) is 0 Å². The van der Waals surface area contributed by atoms with Crippen molar-refractivity contribution in [1.82, 2.24) is 0 Å². The number of carbonyl (C=O) groups is 1. The highest BCUT2D eigenvalue weighted by molar-refractivity contribution is 5.86. The average molecular weight is 348 g/mol. The van der Waals surface area contributed by atoms with Crippen LogP contribution in [0.5, 0.6) is 0 Å². The van der Waals surface area contributed by atoms with Gasteiger partial charge in [0.2, 0.25) is 5.79 Å². The number of fused-ring (bicyclic) bond motifs is 4. The van der Waals surface area contributed by atoms with Crippen LogP contribution in [0.4, 0.5) is 0 Å². The zero-order valence-electron chi connectivity index (χ0n) is 16.2. The van der Waals surface area contributed by atoms with Crippen LogP contribution in [0.25, 0.3) is 0 Å². The van der Waals surface area contributed by atoms with Gasteiger partial charge in [0.25, 0.3) is 0 Å². The van der Waals surface area contributed by atoms with Crippen molar-refractivity contribution in [3.63, 3.8) is 0 Å². The summed E-state index contributed by atoms with van der Waals surface area (Å²) in [6.45, 7) is 8.94. The Morgan fingerprint density at radius 3 is 2.64 bits per heavy atom. The van der Waals surface area contributed by atoms with Gasteiger partial charge < -0.3 is 14.6 Å². The van der Waals surface area contributed by atoms with Gasteiger partial charge in [-0.3, -0.25) is 0 Å². The number of esters is 1. The summed E-state index contributed by atoms with van der Waals surface area (Å²) >= 11 is 0. The van der Waals surface area contributed by atoms with Gasteiger partial charge in [-0.25, -0.2) is 4.79 Å². The van der Waals surface area contributed by atoms with Crippen LogP contribution in [-0.4, -0.2) is 29.6 Å². The maximum absolute atomic E-state index is 12.0. The Hall–Kier alpha value is -0.870. The fourth-order valence-electron chi connectivity index (χ4n) is 7.11. The molecular formula is C21H32O4. The van der Waals surface area contributed by atoms with Gasteiger partial charge in [-0.15, -0.1) is 0 Å². The Labute approximate surface area is 151 Å². The van der Waals surface area contributed by atoms with Crippen LogP contribution in [0.3, 0.4) is 0 Å². The minimum Gasteiger partial charge on any atom is -0.426 e. The molecule has 4 nitrogen and oxygen atoms in total. The zero-order valence-corrected chi connectivity index (χ0v) is 16.2. The van der Waals surface area contributed by atoms with E-state index in [1.165, 1.54) is 0 Å². The van der Waals surface area contributed by atoms with Crippen LogP contribution in [0.1, 0.15) is 66.2 Å². The second-order valence-corrected chi connectivity index (χ2v) is 9.79. The maximum atomic E-state index is 12.0. The molecule has 3 fully saturated rings. The Morgan fingerprint density at radius 1 is 1.24 bits per heavy atom. The van der Waals surface area contributed by atoms with E-state index in [0.717, 1.165) is 37.7 Å². The number of hydrogen-bond donors (Lipinski definition) is 1. The van der Waals surface area contributed by atoms with Crippen molar-refractivity contribution in [3.8, 4) is 0 Å². The topological polar surface area (TPSA) is 55.8 Å². The first kappa shape index (κ1) is 17.5. The smallest absolute Gasteiger partial charge is 0.333 e. The van der Waals surface area contributed by atoms with E-state index < -0.39 is 11.4 Å². The molecule has 0 aromatic heterocycles. The predicted molar refractivity (Wildman–Crippen MR) is 94.6 cm³/mol. The molecule has 140 valence electrons. The van der Waals surface area contributed by atoms with Gasteiger partial charge in [0, 0.05) is 30.6 Å². The van der Waals surface area contributed by atoms with E-state index in [9.17, 15) is 9.90 Å². The van der Waals surface area contributed by atoms with Crippen molar-refractivity contribution in [2.75, 3.05) is 7.11 Å². The monoisotopic (exact) mass is 348 g/mol. The SMILES string of the molecule is CO[C@@]12C[C@H]3[C@@H](CC[C@@]4(O)C(C)(C)CCC[C@]34C)[C@@H](C)C1=CC(=O)O2. The third kappa shape index (κ3) is 1.98. The van der Waals surface area contributed by atoms with Crippen molar-refractivity contribution < 1.29 is 19.4 Å². The number of hydrogen-bond acceptors (Lipinski definition) is 4. The average Bonchev–Trinajstić information content (AvgIpc) is 2.88. The third-order valence-electron chi connectivity index (χ3n) is 8.67. The number of aliphatic hydroxyl groups is 1. The van der Waals surface area contributed by atoms with Crippen molar-refractivity contribution >= 4 is 5.97 Å². The predicted octanol–water partition coefficient (Wildman–Crippen LogP) is 3.83. The Kier molecular flexibility index (Phi) is 3.58. The van der Waals surface area contributed by atoms with Crippen LogP contribution >= 0.6 is 0 Å². The molecule has 1 heterocycles. The van der Waals surface area contributed by atoms with E-state index in [2.05, 4.69) is 27.7 Å². The second-order valence-electron chi connectivity index (χ2n) is 9.79. The molecule has 3 saturated carbocycles. The summed E-state index contributed by atoms with van der Waals surface area (Å²) in [6, 6.07) is 0. The van der Waals surface area contributed by atoms with Gasteiger partial charge in [-0.2, -0.15) is 0 Å². The highest BCUT2D eigenvalue weighted by Crippen LogP contribution is 2.68. The van der Waals surface area contributed by atoms with E-state index in [4.69, 9.17) is 9.47 Å². The summed E-state index contributed by atoms with van der Waals surface area (Å²) in [5.41, 5.74) is 0.0811. The lowest BCUT2D eigenvalue weighted by Gasteiger charge is -2.67. The highest BCUT2D eigenvalue weighted by Gasteiger charge is 2.68. The van der Waals surface area contributed by atoms with Crippen LogP contribution in [0.15, 0.2) is 11.6 Å². The summed E-state index contributed by atoms with van der Waals surface area (Å²) in [7, 11) is 1.64. The highest BCUT2D eigenvalue weighted by atomic mass is 16.7. The normalized spacial score (nSPS) is 51.0. The number of methoxy groups -OCH3 is 1.